The predicted molar refractivity (Wildman–Crippen MR) is 257 cm³/mol. The summed E-state index contributed by atoms with van der Waals surface area (Å²) in [6, 6.07) is 0. The van der Waals surface area contributed by atoms with E-state index in [0.29, 0.717) is 19.3 Å². The number of carbonyl (C=O) groups is 3. The Kier molecular flexibility index (Phi) is 47.2. The molecule has 0 heterocycles. The van der Waals surface area contributed by atoms with Crippen molar-refractivity contribution in [1.82, 2.24) is 0 Å². The third-order valence-corrected chi connectivity index (χ3v) is 12.3. The number of unbranched alkanes of at least 4 members (excludes halogenated alkanes) is 36. The Morgan fingerprint density at radius 2 is 0.550 bits per heavy atom. The summed E-state index contributed by atoms with van der Waals surface area (Å²) >= 11 is 0. The zero-order valence-electron chi connectivity index (χ0n) is 40.9. The summed E-state index contributed by atoms with van der Waals surface area (Å²) < 4.78 is 16.8. The van der Waals surface area contributed by atoms with Gasteiger partial charge in [-0.15, -0.1) is 0 Å². The third-order valence-electron chi connectivity index (χ3n) is 12.3. The van der Waals surface area contributed by atoms with Crippen molar-refractivity contribution in [3.63, 3.8) is 0 Å². The van der Waals surface area contributed by atoms with Crippen LogP contribution in [0.5, 0.6) is 0 Å². The van der Waals surface area contributed by atoms with E-state index in [0.717, 1.165) is 63.7 Å². The first-order valence-corrected chi connectivity index (χ1v) is 26.9. The van der Waals surface area contributed by atoms with Crippen LogP contribution in [-0.2, 0) is 28.6 Å². The molecule has 60 heavy (non-hydrogen) atoms. The minimum Gasteiger partial charge on any atom is -0.462 e. The van der Waals surface area contributed by atoms with Gasteiger partial charge in [-0.05, 0) is 25.2 Å². The lowest BCUT2D eigenvalue weighted by molar-refractivity contribution is -0.167. The highest BCUT2D eigenvalue weighted by Gasteiger charge is 2.19. The Bertz CT molecular complexity index is 903. The number of ether oxygens (including phenoxy) is 3. The molecule has 0 aliphatic carbocycles. The molecule has 0 amide bonds. The zero-order chi connectivity index (χ0) is 43.8. The lowest BCUT2D eigenvalue weighted by Crippen LogP contribution is -2.30. The first-order valence-electron chi connectivity index (χ1n) is 26.9. The lowest BCUT2D eigenvalue weighted by atomic mass is 10.0. The molecule has 0 rings (SSSR count). The summed E-state index contributed by atoms with van der Waals surface area (Å²) in [6.45, 7) is 8.99. The second-order valence-corrected chi connectivity index (χ2v) is 19.0. The number of carbonyl (C=O) groups excluding carboxylic acids is 3. The Hall–Kier alpha value is -1.59. The van der Waals surface area contributed by atoms with Crippen LogP contribution in [0.15, 0.2) is 0 Å². The molecule has 0 spiro atoms. The van der Waals surface area contributed by atoms with Gasteiger partial charge in [-0.1, -0.05) is 265 Å². The maximum Gasteiger partial charge on any atom is 0.306 e. The highest BCUT2D eigenvalue weighted by atomic mass is 16.6. The van der Waals surface area contributed by atoms with Crippen LogP contribution in [0.25, 0.3) is 0 Å². The topological polar surface area (TPSA) is 78.9 Å². The minimum absolute atomic E-state index is 0.0630. The van der Waals surface area contributed by atoms with Crippen LogP contribution in [0, 0.1) is 5.92 Å². The maximum absolute atomic E-state index is 12.8. The highest BCUT2D eigenvalue weighted by molar-refractivity contribution is 5.71. The number of hydrogen-bond donors (Lipinski definition) is 0. The molecule has 356 valence electrons. The van der Waals surface area contributed by atoms with Crippen LogP contribution in [-0.4, -0.2) is 37.2 Å². The average molecular weight is 849 g/mol. The van der Waals surface area contributed by atoms with E-state index in [1.54, 1.807) is 0 Å². The molecule has 0 radical (unpaired) electrons. The smallest absolute Gasteiger partial charge is 0.306 e. The van der Waals surface area contributed by atoms with Crippen LogP contribution in [0.2, 0.25) is 0 Å². The zero-order valence-corrected chi connectivity index (χ0v) is 40.9. The van der Waals surface area contributed by atoms with Gasteiger partial charge in [-0.2, -0.15) is 0 Å². The van der Waals surface area contributed by atoms with E-state index in [1.807, 2.05) is 0 Å². The molecule has 1 atom stereocenters. The van der Waals surface area contributed by atoms with E-state index >= 15 is 0 Å². The van der Waals surface area contributed by atoms with Crippen molar-refractivity contribution < 1.29 is 28.6 Å². The molecular formula is C54H104O6. The van der Waals surface area contributed by atoms with E-state index in [-0.39, 0.29) is 31.1 Å². The largest absolute Gasteiger partial charge is 0.462 e. The molecule has 0 aromatic heterocycles. The number of hydrogen-bond acceptors (Lipinski definition) is 6. The summed E-state index contributed by atoms with van der Waals surface area (Å²) in [6.07, 6.45) is 51.0. The molecule has 0 aromatic carbocycles. The van der Waals surface area contributed by atoms with E-state index in [9.17, 15) is 14.4 Å². The molecule has 0 unspecified atom stereocenters. The van der Waals surface area contributed by atoms with Gasteiger partial charge >= 0.3 is 17.9 Å². The van der Waals surface area contributed by atoms with Crippen molar-refractivity contribution in [2.24, 2.45) is 5.92 Å². The fourth-order valence-electron chi connectivity index (χ4n) is 8.22. The van der Waals surface area contributed by atoms with Crippen LogP contribution in [0.1, 0.15) is 304 Å². The maximum atomic E-state index is 12.8. The van der Waals surface area contributed by atoms with E-state index < -0.39 is 6.10 Å². The molecule has 0 aromatic rings. The molecule has 0 aliphatic heterocycles. The van der Waals surface area contributed by atoms with Gasteiger partial charge in [0.15, 0.2) is 6.10 Å². The third kappa shape index (κ3) is 47.5. The van der Waals surface area contributed by atoms with Gasteiger partial charge in [0, 0.05) is 19.3 Å². The van der Waals surface area contributed by atoms with Gasteiger partial charge in [0.1, 0.15) is 13.2 Å². The molecule has 0 saturated carbocycles. The summed E-state index contributed by atoms with van der Waals surface area (Å²) in [5, 5.41) is 0. The van der Waals surface area contributed by atoms with Gasteiger partial charge in [0.2, 0.25) is 0 Å². The molecule has 0 aliphatic rings. The van der Waals surface area contributed by atoms with Crippen molar-refractivity contribution in [3.05, 3.63) is 0 Å². The normalized spacial score (nSPS) is 11.9. The standard InChI is InChI=1S/C54H104O6/c1-5-7-9-11-13-15-17-19-21-22-23-24-26-27-29-33-37-41-45-52(55)58-48-51(49-59-53(56)46-42-38-35-31-32-36-40-44-50(3)4)60-54(57)47-43-39-34-30-28-25-20-18-16-14-12-10-8-6-2/h50-51H,5-49H2,1-4H3/t51-/m0/s1. The Balaban J connectivity index is 4.25. The second-order valence-electron chi connectivity index (χ2n) is 19.0. The van der Waals surface area contributed by atoms with Crippen LogP contribution in [0.3, 0.4) is 0 Å². The van der Waals surface area contributed by atoms with Gasteiger partial charge in [0.25, 0.3) is 0 Å². The van der Waals surface area contributed by atoms with Crippen molar-refractivity contribution in [2.45, 2.75) is 310 Å². The minimum atomic E-state index is -0.761. The van der Waals surface area contributed by atoms with Gasteiger partial charge < -0.3 is 14.2 Å². The van der Waals surface area contributed by atoms with E-state index in [1.165, 1.54) is 199 Å². The SMILES string of the molecule is CCCCCCCCCCCCCCCCCCCCC(=O)OC[C@@H](COC(=O)CCCCCCCCCC(C)C)OC(=O)CCCCCCCCCCCCCCCC. The molecule has 0 fully saturated rings. The van der Waals surface area contributed by atoms with Crippen molar-refractivity contribution in [1.29, 1.82) is 0 Å². The summed E-state index contributed by atoms with van der Waals surface area (Å²) in [5.41, 5.74) is 0. The van der Waals surface area contributed by atoms with Crippen LogP contribution in [0.4, 0.5) is 0 Å². The molecule has 0 bridgehead atoms. The van der Waals surface area contributed by atoms with Gasteiger partial charge in [0.05, 0.1) is 0 Å². The summed E-state index contributed by atoms with van der Waals surface area (Å²) in [5.74, 6) is -0.0634. The van der Waals surface area contributed by atoms with Crippen molar-refractivity contribution >= 4 is 17.9 Å². The molecule has 6 heteroatoms. The van der Waals surface area contributed by atoms with Crippen molar-refractivity contribution in [2.75, 3.05) is 13.2 Å². The number of rotatable bonds is 49. The van der Waals surface area contributed by atoms with Gasteiger partial charge in [-0.25, -0.2) is 0 Å². The number of esters is 3. The molecule has 6 nitrogen and oxygen atoms in total. The van der Waals surface area contributed by atoms with E-state index in [2.05, 4.69) is 27.7 Å². The summed E-state index contributed by atoms with van der Waals surface area (Å²) in [7, 11) is 0. The molecule has 0 saturated heterocycles. The molecular weight excluding hydrogens is 745 g/mol. The van der Waals surface area contributed by atoms with Crippen LogP contribution < -0.4 is 0 Å². The Morgan fingerprint density at radius 3 is 0.817 bits per heavy atom. The van der Waals surface area contributed by atoms with E-state index in [4.69, 9.17) is 14.2 Å². The van der Waals surface area contributed by atoms with Crippen LogP contribution >= 0.6 is 0 Å². The predicted octanol–water partition coefficient (Wildman–Crippen LogP) is 17.5. The Labute approximate surface area is 374 Å². The van der Waals surface area contributed by atoms with Crippen molar-refractivity contribution in [3.8, 4) is 0 Å². The monoisotopic (exact) mass is 849 g/mol. The van der Waals surface area contributed by atoms with Gasteiger partial charge in [-0.3, -0.25) is 14.4 Å². The molecule has 0 N–H and O–H groups in total. The fraction of sp³-hybridized carbons (Fsp3) is 0.944. The highest BCUT2D eigenvalue weighted by Crippen LogP contribution is 2.17. The summed E-state index contributed by atoms with van der Waals surface area (Å²) in [4.78, 5) is 37.9. The fourth-order valence-corrected chi connectivity index (χ4v) is 8.22. The quantitative estimate of drug-likeness (QED) is 0.0345. The Morgan fingerprint density at radius 1 is 0.317 bits per heavy atom. The average Bonchev–Trinajstić information content (AvgIpc) is 3.23. The lowest BCUT2D eigenvalue weighted by Gasteiger charge is -2.18. The first kappa shape index (κ1) is 58.4. The first-order chi connectivity index (χ1) is 29.4. The second kappa shape index (κ2) is 48.4.